The van der Waals surface area contributed by atoms with E-state index in [9.17, 15) is 14.4 Å². The Bertz CT molecular complexity index is 785. The number of imide groups is 1. The molecule has 6 nitrogen and oxygen atoms in total. The zero-order valence-corrected chi connectivity index (χ0v) is 13.2. The van der Waals surface area contributed by atoms with E-state index in [0.29, 0.717) is 15.8 Å². The van der Waals surface area contributed by atoms with Gasteiger partial charge in [-0.3, -0.25) is 9.59 Å². The summed E-state index contributed by atoms with van der Waals surface area (Å²) in [5, 5.41) is 0.897. The predicted octanol–water partition coefficient (Wildman–Crippen LogP) is 2.86. The van der Waals surface area contributed by atoms with Gasteiger partial charge in [-0.15, -0.1) is 0 Å². The number of ether oxygens (including phenoxy) is 1. The highest BCUT2D eigenvalue weighted by atomic mass is 35.5. The van der Waals surface area contributed by atoms with Crippen molar-refractivity contribution in [3.05, 3.63) is 64.7 Å². The standard InChI is InChI=1S/C17H12ClNO5/c18-13-7-3-4-8-14(13)23-10-9-15(20)24-19-16(21)11-5-1-2-6-12(11)17(19)22/h1-8H,9-10H2. The van der Waals surface area contributed by atoms with Crippen LogP contribution in [0.2, 0.25) is 5.02 Å². The van der Waals surface area contributed by atoms with E-state index in [-0.39, 0.29) is 24.2 Å². The first kappa shape index (κ1) is 16.0. The third-order valence-corrected chi connectivity index (χ3v) is 3.66. The van der Waals surface area contributed by atoms with Crippen LogP contribution in [-0.4, -0.2) is 29.5 Å². The van der Waals surface area contributed by atoms with Crippen LogP contribution >= 0.6 is 11.6 Å². The third kappa shape index (κ3) is 3.09. The summed E-state index contributed by atoms with van der Waals surface area (Å²) in [7, 11) is 0. The molecule has 0 spiro atoms. The Hall–Kier alpha value is -2.86. The maximum atomic E-state index is 12.1. The number of amides is 2. The molecule has 24 heavy (non-hydrogen) atoms. The van der Waals surface area contributed by atoms with Crippen LogP contribution in [0.1, 0.15) is 27.1 Å². The Morgan fingerprint density at radius 3 is 2.17 bits per heavy atom. The van der Waals surface area contributed by atoms with Gasteiger partial charge in [-0.05, 0) is 24.3 Å². The van der Waals surface area contributed by atoms with E-state index in [1.54, 1.807) is 36.4 Å². The van der Waals surface area contributed by atoms with Gasteiger partial charge in [0, 0.05) is 0 Å². The van der Waals surface area contributed by atoms with Gasteiger partial charge in [-0.1, -0.05) is 40.9 Å². The molecule has 0 saturated heterocycles. The largest absolute Gasteiger partial charge is 0.491 e. The second kappa shape index (κ2) is 6.72. The maximum Gasteiger partial charge on any atom is 0.336 e. The Labute approximate surface area is 142 Å². The Morgan fingerprint density at radius 2 is 1.54 bits per heavy atom. The molecule has 1 heterocycles. The molecule has 3 rings (SSSR count). The number of para-hydroxylation sites is 1. The van der Waals surface area contributed by atoms with Crippen LogP contribution < -0.4 is 4.74 Å². The highest BCUT2D eigenvalue weighted by Crippen LogP contribution is 2.24. The van der Waals surface area contributed by atoms with Gasteiger partial charge >= 0.3 is 5.97 Å². The van der Waals surface area contributed by atoms with Crippen LogP contribution in [0.4, 0.5) is 0 Å². The van der Waals surface area contributed by atoms with Crippen LogP contribution in [0.3, 0.4) is 0 Å². The zero-order chi connectivity index (χ0) is 17.1. The van der Waals surface area contributed by atoms with Crippen LogP contribution in [0.5, 0.6) is 5.75 Å². The van der Waals surface area contributed by atoms with Crippen molar-refractivity contribution in [3.8, 4) is 5.75 Å². The van der Waals surface area contributed by atoms with Crippen molar-refractivity contribution in [3.63, 3.8) is 0 Å². The fourth-order valence-corrected chi connectivity index (χ4v) is 2.39. The lowest BCUT2D eigenvalue weighted by molar-refractivity contribution is -0.169. The molecule has 2 aromatic carbocycles. The molecular formula is C17H12ClNO5. The molecule has 2 amide bonds. The summed E-state index contributed by atoms with van der Waals surface area (Å²) in [6, 6.07) is 13.1. The zero-order valence-electron chi connectivity index (χ0n) is 12.4. The first-order chi connectivity index (χ1) is 11.6. The average Bonchev–Trinajstić information content (AvgIpc) is 2.82. The molecule has 0 fully saturated rings. The average molecular weight is 346 g/mol. The van der Waals surface area contributed by atoms with Gasteiger partial charge in [-0.2, -0.15) is 0 Å². The summed E-state index contributed by atoms with van der Waals surface area (Å²) in [5.41, 5.74) is 0.422. The van der Waals surface area contributed by atoms with Gasteiger partial charge in [0.1, 0.15) is 5.75 Å². The summed E-state index contributed by atoms with van der Waals surface area (Å²) in [4.78, 5) is 40.8. The molecule has 7 heteroatoms. The number of halogens is 1. The highest BCUT2D eigenvalue weighted by Gasteiger charge is 2.38. The lowest BCUT2D eigenvalue weighted by Gasteiger charge is -2.13. The van der Waals surface area contributed by atoms with Crippen molar-refractivity contribution < 1.29 is 24.0 Å². The second-order valence-corrected chi connectivity index (χ2v) is 5.35. The SMILES string of the molecule is O=C(CCOc1ccccc1Cl)ON1C(=O)c2ccccc2C1=O. The second-order valence-electron chi connectivity index (χ2n) is 4.94. The van der Waals surface area contributed by atoms with Crippen LogP contribution in [0.25, 0.3) is 0 Å². The normalized spacial score (nSPS) is 13.0. The van der Waals surface area contributed by atoms with E-state index < -0.39 is 17.8 Å². The molecule has 0 bridgehead atoms. The number of hydroxylamine groups is 2. The third-order valence-electron chi connectivity index (χ3n) is 3.35. The number of benzene rings is 2. The topological polar surface area (TPSA) is 72.9 Å². The molecular weight excluding hydrogens is 334 g/mol. The van der Waals surface area contributed by atoms with Crippen molar-refractivity contribution >= 4 is 29.4 Å². The monoisotopic (exact) mass is 345 g/mol. The number of carbonyl (C=O) groups excluding carboxylic acids is 3. The van der Waals surface area contributed by atoms with Gasteiger partial charge in [-0.25, -0.2) is 4.79 Å². The molecule has 1 aliphatic rings. The summed E-state index contributed by atoms with van der Waals surface area (Å²) < 4.78 is 5.37. The maximum absolute atomic E-state index is 12.1. The number of nitrogens with zero attached hydrogens (tertiary/aromatic N) is 1. The van der Waals surface area contributed by atoms with Crippen molar-refractivity contribution in [2.45, 2.75) is 6.42 Å². The first-order valence-electron chi connectivity index (χ1n) is 7.14. The lowest BCUT2D eigenvalue weighted by Crippen LogP contribution is -2.33. The van der Waals surface area contributed by atoms with Crippen LogP contribution in [-0.2, 0) is 9.63 Å². The van der Waals surface area contributed by atoms with E-state index in [1.807, 2.05) is 0 Å². The van der Waals surface area contributed by atoms with E-state index >= 15 is 0 Å². The number of fused-ring (bicyclic) bond motifs is 1. The van der Waals surface area contributed by atoms with Gasteiger partial charge in [0.2, 0.25) is 0 Å². The van der Waals surface area contributed by atoms with Gasteiger partial charge in [0.25, 0.3) is 11.8 Å². The molecule has 122 valence electrons. The fraction of sp³-hybridized carbons (Fsp3) is 0.118. The van der Waals surface area contributed by atoms with Crippen molar-refractivity contribution in [2.24, 2.45) is 0 Å². The van der Waals surface area contributed by atoms with Crippen molar-refractivity contribution in [2.75, 3.05) is 6.61 Å². The minimum atomic E-state index is -0.753. The number of carbonyl (C=O) groups is 3. The quantitative estimate of drug-likeness (QED) is 0.779. The molecule has 0 aromatic heterocycles. The van der Waals surface area contributed by atoms with Crippen LogP contribution in [0.15, 0.2) is 48.5 Å². The molecule has 0 atom stereocenters. The molecule has 0 N–H and O–H groups in total. The summed E-state index contributed by atoms with van der Waals surface area (Å²) >= 11 is 5.93. The molecule has 0 radical (unpaired) electrons. The first-order valence-corrected chi connectivity index (χ1v) is 7.51. The summed E-state index contributed by atoms with van der Waals surface area (Å²) in [5.74, 6) is -1.63. The Kier molecular flexibility index (Phi) is 4.48. The molecule has 0 saturated carbocycles. The molecule has 2 aromatic rings. The minimum absolute atomic E-state index is 0.00569. The number of rotatable bonds is 5. The van der Waals surface area contributed by atoms with Crippen LogP contribution in [0, 0.1) is 0 Å². The summed E-state index contributed by atoms with van der Waals surface area (Å²) in [6.07, 6.45) is -0.140. The predicted molar refractivity (Wildman–Crippen MR) is 84.6 cm³/mol. The minimum Gasteiger partial charge on any atom is -0.491 e. The van der Waals surface area contributed by atoms with E-state index in [4.69, 9.17) is 21.2 Å². The number of hydrogen-bond acceptors (Lipinski definition) is 5. The van der Waals surface area contributed by atoms with Gasteiger partial charge < -0.3 is 9.57 Å². The highest BCUT2D eigenvalue weighted by molar-refractivity contribution is 6.32. The van der Waals surface area contributed by atoms with E-state index in [1.165, 1.54) is 12.1 Å². The van der Waals surface area contributed by atoms with Gasteiger partial charge in [0.05, 0.1) is 29.2 Å². The fourth-order valence-electron chi connectivity index (χ4n) is 2.20. The smallest absolute Gasteiger partial charge is 0.336 e. The molecule has 0 unspecified atom stereocenters. The van der Waals surface area contributed by atoms with E-state index in [2.05, 4.69) is 0 Å². The summed E-state index contributed by atoms with van der Waals surface area (Å²) in [6.45, 7) is 0.00569. The van der Waals surface area contributed by atoms with Gasteiger partial charge in [0.15, 0.2) is 0 Å². The number of hydrogen-bond donors (Lipinski definition) is 0. The molecule has 1 aliphatic heterocycles. The van der Waals surface area contributed by atoms with Crippen molar-refractivity contribution in [1.82, 2.24) is 5.06 Å². The van der Waals surface area contributed by atoms with Crippen molar-refractivity contribution in [1.29, 1.82) is 0 Å². The molecule has 0 aliphatic carbocycles. The van der Waals surface area contributed by atoms with E-state index in [0.717, 1.165) is 0 Å². The Balaban J connectivity index is 1.56. The lowest BCUT2D eigenvalue weighted by atomic mass is 10.1. The Morgan fingerprint density at radius 1 is 0.958 bits per heavy atom.